The van der Waals surface area contributed by atoms with Crippen LogP contribution in [0.4, 0.5) is 0 Å². The van der Waals surface area contributed by atoms with Crippen LogP contribution in [0.2, 0.25) is 0 Å². The highest BCUT2D eigenvalue weighted by Gasteiger charge is 2.03. The number of hydrogen-bond donors (Lipinski definition) is 0. The molecule has 0 aliphatic heterocycles. The van der Waals surface area contributed by atoms with E-state index < -0.39 is 5.97 Å². The Morgan fingerprint density at radius 3 is 2.28 bits per heavy atom. The van der Waals surface area contributed by atoms with Crippen LogP contribution in [0.25, 0.3) is 11.4 Å². The molecular weight excluding hydrogens is 232 g/mol. The van der Waals surface area contributed by atoms with E-state index in [0.29, 0.717) is 17.1 Å². The fourth-order valence-corrected chi connectivity index (χ4v) is 1.39. The fraction of sp³-hybridized carbons (Fsp3) is 0.0769. The molecule has 90 valence electrons. The van der Waals surface area contributed by atoms with Crippen molar-refractivity contribution in [3.05, 3.63) is 42.2 Å². The summed E-state index contributed by atoms with van der Waals surface area (Å²) < 4.78 is 4.83. The molecule has 1 aromatic heterocycles. The molecule has 0 radical (unpaired) electrons. The van der Waals surface area contributed by atoms with E-state index in [1.165, 1.54) is 19.3 Å². The molecule has 0 atom stereocenters. The molecule has 0 unspecified atom stereocenters. The summed E-state index contributed by atoms with van der Waals surface area (Å²) in [5.74, 6) is 0.390. The Morgan fingerprint density at radius 1 is 1.17 bits per heavy atom. The van der Waals surface area contributed by atoms with E-state index in [2.05, 4.69) is 9.97 Å². The van der Waals surface area contributed by atoms with Crippen LogP contribution in [0.3, 0.4) is 0 Å². The van der Waals surface area contributed by atoms with Gasteiger partial charge in [0, 0.05) is 18.1 Å². The molecule has 0 aliphatic rings. The zero-order valence-corrected chi connectivity index (χ0v) is 9.66. The molecule has 18 heavy (non-hydrogen) atoms. The molecule has 0 amide bonds. The van der Waals surface area contributed by atoms with Gasteiger partial charge in [-0.25, -0.2) is 9.97 Å². The summed E-state index contributed by atoms with van der Waals surface area (Å²) in [5.41, 5.74) is 1.38. The van der Waals surface area contributed by atoms with Gasteiger partial charge in [0.2, 0.25) is 0 Å². The van der Waals surface area contributed by atoms with Gasteiger partial charge >= 0.3 is 5.97 Å². The second kappa shape index (κ2) is 5.18. The smallest absolute Gasteiger partial charge is 0.308 e. The van der Waals surface area contributed by atoms with Gasteiger partial charge in [-0.05, 0) is 0 Å². The van der Waals surface area contributed by atoms with Crippen molar-refractivity contribution in [3.8, 4) is 17.1 Å². The third-order valence-corrected chi connectivity index (χ3v) is 2.19. The van der Waals surface area contributed by atoms with Gasteiger partial charge in [0.25, 0.3) is 0 Å². The van der Waals surface area contributed by atoms with Crippen LogP contribution in [-0.4, -0.2) is 22.2 Å². The first-order chi connectivity index (χ1) is 8.69. The molecule has 2 aromatic rings. The zero-order chi connectivity index (χ0) is 13.0. The number of esters is 1. The Morgan fingerprint density at radius 2 is 1.78 bits per heavy atom. The van der Waals surface area contributed by atoms with Gasteiger partial charge in [0.1, 0.15) is 6.29 Å². The van der Waals surface area contributed by atoms with E-state index >= 15 is 0 Å². The van der Waals surface area contributed by atoms with Crippen LogP contribution >= 0.6 is 0 Å². The summed E-state index contributed by atoms with van der Waals surface area (Å²) in [4.78, 5) is 29.4. The lowest BCUT2D eigenvalue weighted by molar-refractivity contribution is -0.131. The van der Waals surface area contributed by atoms with E-state index in [-0.39, 0.29) is 0 Å². The molecule has 0 fully saturated rings. The number of aromatic nitrogens is 2. The van der Waals surface area contributed by atoms with Gasteiger partial charge in [-0.2, -0.15) is 0 Å². The minimum absolute atomic E-state index is 0.302. The number of ether oxygens (including phenoxy) is 1. The predicted molar refractivity (Wildman–Crippen MR) is 64.2 cm³/mol. The average molecular weight is 242 g/mol. The highest BCUT2D eigenvalue weighted by Crippen LogP contribution is 2.16. The first-order valence-electron chi connectivity index (χ1n) is 5.25. The maximum absolute atomic E-state index is 10.7. The van der Waals surface area contributed by atoms with Crippen molar-refractivity contribution in [1.82, 2.24) is 9.97 Å². The standard InChI is InChI=1S/C13H10N2O3/c1-9(17)18-12-6-14-13(15-7-12)11-4-2-10(8-16)3-5-11/h2-8H,1H3. The average Bonchev–Trinajstić information content (AvgIpc) is 2.39. The van der Waals surface area contributed by atoms with Crippen LogP contribution in [0, 0.1) is 0 Å². The van der Waals surface area contributed by atoms with Crippen molar-refractivity contribution in [1.29, 1.82) is 0 Å². The molecule has 1 aromatic carbocycles. The zero-order valence-electron chi connectivity index (χ0n) is 9.66. The molecule has 0 aliphatic carbocycles. The number of nitrogens with zero attached hydrogens (tertiary/aromatic N) is 2. The second-order valence-corrected chi connectivity index (χ2v) is 3.58. The molecule has 5 heteroatoms. The third-order valence-electron chi connectivity index (χ3n) is 2.19. The van der Waals surface area contributed by atoms with Crippen LogP contribution in [0.1, 0.15) is 17.3 Å². The molecule has 5 nitrogen and oxygen atoms in total. The lowest BCUT2D eigenvalue weighted by atomic mass is 10.1. The lowest BCUT2D eigenvalue weighted by Crippen LogP contribution is -2.02. The minimum atomic E-state index is -0.415. The first-order valence-corrected chi connectivity index (χ1v) is 5.25. The summed E-state index contributed by atoms with van der Waals surface area (Å²) in [6.45, 7) is 1.31. The minimum Gasteiger partial charge on any atom is -0.423 e. The molecular formula is C13H10N2O3. The van der Waals surface area contributed by atoms with Gasteiger partial charge in [-0.1, -0.05) is 24.3 Å². The van der Waals surface area contributed by atoms with Crippen molar-refractivity contribution >= 4 is 12.3 Å². The van der Waals surface area contributed by atoms with Gasteiger partial charge in [0.15, 0.2) is 11.6 Å². The maximum Gasteiger partial charge on any atom is 0.308 e. The van der Waals surface area contributed by atoms with Gasteiger partial charge in [-0.3, -0.25) is 9.59 Å². The number of carbonyl (C=O) groups is 2. The summed E-state index contributed by atoms with van der Waals surface area (Å²) in [7, 11) is 0. The molecule has 0 saturated heterocycles. The van der Waals surface area contributed by atoms with Gasteiger partial charge in [0.05, 0.1) is 12.4 Å². The third kappa shape index (κ3) is 2.76. The Balaban J connectivity index is 2.22. The van der Waals surface area contributed by atoms with Crippen LogP contribution < -0.4 is 4.74 Å². The van der Waals surface area contributed by atoms with Gasteiger partial charge in [-0.15, -0.1) is 0 Å². The highest BCUT2D eigenvalue weighted by molar-refractivity contribution is 5.76. The first kappa shape index (κ1) is 11.9. The summed E-state index contributed by atoms with van der Waals surface area (Å²) in [5, 5.41) is 0. The number of rotatable bonds is 3. The van der Waals surface area contributed by atoms with Crippen LogP contribution in [-0.2, 0) is 4.79 Å². The van der Waals surface area contributed by atoms with E-state index in [4.69, 9.17) is 4.74 Å². The normalized spacial score (nSPS) is 9.83. The Hall–Kier alpha value is -2.56. The van der Waals surface area contributed by atoms with E-state index in [0.717, 1.165) is 11.8 Å². The predicted octanol–water partition coefficient (Wildman–Crippen LogP) is 1.88. The van der Waals surface area contributed by atoms with E-state index in [1.54, 1.807) is 24.3 Å². The Labute approximate surface area is 103 Å². The highest BCUT2D eigenvalue weighted by atomic mass is 16.5. The van der Waals surface area contributed by atoms with Crippen molar-refractivity contribution in [2.75, 3.05) is 0 Å². The molecule has 0 spiro atoms. The van der Waals surface area contributed by atoms with Gasteiger partial charge < -0.3 is 4.74 Å². The van der Waals surface area contributed by atoms with Crippen LogP contribution in [0.5, 0.6) is 5.75 Å². The number of benzene rings is 1. The Kier molecular flexibility index (Phi) is 3.43. The molecule has 1 heterocycles. The van der Waals surface area contributed by atoms with Crippen molar-refractivity contribution in [2.24, 2.45) is 0 Å². The lowest BCUT2D eigenvalue weighted by Gasteiger charge is -2.02. The van der Waals surface area contributed by atoms with Crippen molar-refractivity contribution in [2.45, 2.75) is 6.92 Å². The second-order valence-electron chi connectivity index (χ2n) is 3.58. The molecule has 0 N–H and O–H groups in total. The number of hydrogen-bond acceptors (Lipinski definition) is 5. The Bertz CT molecular complexity index is 562. The monoisotopic (exact) mass is 242 g/mol. The number of aldehydes is 1. The summed E-state index contributed by atoms with van der Waals surface area (Å²) >= 11 is 0. The molecule has 0 bridgehead atoms. The largest absolute Gasteiger partial charge is 0.423 e. The molecule has 0 saturated carbocycles. The molecule has 2 rings (SSSR count). The summed E-state index contributed by atoms with van der Waals surface area (Å²) in [6.07, 6.45) is 3.63. The van der Waals surface area contributed by atoms with E-state index in [1.807, 2.05) is 0 Å². The fourth-order valence-electron chi connectivity index (χ4n) is 1.39. The van der Waals surface area contributed by atoms with Crippen molar-refractivity contribution < 1.29 is 14.3 Å². The maximum atomic E-state index is 10.7. The quantitative estimate of drug-likeness (QED) is 0.607. The van der Waals surface area contributed by atoms with Crippen LogP contribution in [0.15, 0.2) is 36.7 Å². The SMILES string of the molecule is CC(=O)Oc1cnc(-c2ccc(C=O)cc2)nc1. The van der Waals surface area contributed by atoms with Crippen molar-refractivity contribution in [3.63, 3.8) is 0 Å². The number of carbonyl (C=O) groups excluding carboxylic acids is 2. The van der Waals surface area contributed by atoms with E-state index in [9.17, 15) is 9.59 Å². The topological polar surface area (TPSA) is 69.2 Å². The summed E-state index contributed by atoms with van der Waals surface area (Å²) in [6, 6.07) is 6.88.